The Balaban J connectivity index is 1.46. The smallest absolute Gasteiger partial charge is 0.321 e. The summed E-state index contributed by atoms with van der Waals surface area (Å²) in [6.07, 6.45) is 0.139. The van der Waals surface area contributed by atoms with Crippen molar-refractivity contribution in [1.29, 1.82) is 0 Å². The fourth-order valence-electron chi connectivity index (χ4n) is 3.48. The predicted molar refractivity (Wildman–Crippen MR) is 117 cm³/mol. The van der Waals surface area contributed by atoms with Crippen LogP contribution in [0.25, 0.3) is 0 Å². The number of hydrogen-bond donors (Lipinski definition) is 1. The number of hydrogen-bond acceptors (Lipinski definition) is 5. The number of piperidine rings is 1. The first-order valence-electron chi connectivity index (χ1n) is 10.6. The number of nitrogens with zero attached hydrogens (tertiary/aromatic N) is 1. The molecule has 1 N–H and O–H groups in total. The molecule has 1 heterocycles. The first kappa shape index (κ1) is 22.3. The van der Waals surface area contributed by atoms with Gasteiger partial charge in [-0.25, -0.2) is 4.79 Å². The second-order valence-electron chi connectivity index (χ2n) is 7.46. The van der Waals surface area contributed by atoms with E-state index in [1.165, 1.54) is 0 Å². The van der Waals surface area contributed by atoms with E-state index in [1.54, 1.807) is 36.1 Å². The molecule has 1 aliphatic rings. The molecule has 7 heteroatoms. The summed E-state index contributed by atoms with van der Waals surface area (Å²) in [5, 5.41) is 2.85. The molecule has 0 saturated carbocycles. The van der Waals surface area contributed by atoms with Crippen LogP contribution in [0.15, 0.2) is 54.6 Å². The van der Waals surface area contributed by atoms with E-state index in [0.717, 1.165) is 5.69 Å². The molecule has 0 unspecified atom stereocenters. The van der Waals surface area contributed by atoms with Crippen molar-refractivity contribution >= 4 is 23.5 Å². The van der Waals surface area contributed by atoms with Crippen LogP contribution >= 0.6 is 0 Å². The Morgan fingerprint density at radius 3 is 2.29 bits per heavy atom. The molecule has 0 spiro atoms. The van der Waals surface area contributed by atoms with E-state index in [0.29, 0.717) is 43.9 Å². The largest absolute Gasteiger partial charge is 0.494 e. The zero-order chi connectivity index (χ0) is 22.2. The Morgan fingerprint density at radius 1 is 1.03 bits per heavy atom. The minimum absolute atomic E-state index is 0.183. The fourth-order valence-corrected chi connectivity index (χ4v) is 3.48. The van der Waals surface area contributed by atoms with Gasteiger partial charge in [-0.15, -0.1) is 0 Å². The Bertz CT molecular complexity index is 890. The highest BCUT2D eigenvalue weighted by atomic mass is 16.5. The van der Waals surface area contributed by atoms with Crippen LogP contribution in [0, 0.1) is 5.92 Å². The minimum Gasteiger partial charge on any atom is -0.494 e. The molecule has 1 aliphatic heterocycles. The Hall–Kier alpha value is -3.35. The van der Waals surface area contributed by atoms with E-state index in [-0.39, 0.29) is 17.7 Å². The fraction of sp³-hybridized carbons (Fsp3) is 0.375. The molecule has 0 aliphatic carbocycles. The van der Waals surface area contributed by atoms with Gasteiger partial charge in [-0.05, 0) is 63.1 Å². The summed E-state index contributed by atoms with van der Waals surface area (Å²) in [6.45, 7) is 4.94. The van der Waals surface area contributed by atoms with Gasteiger partial charge < -0.3 is 19.7 Å². The maximum Gasteiger partial charge on any atom is 0.321 e. The molecule has 0 bridgehead atoms. The topological polar surface area (TPSA) is 84.9 Å². The average Bonchev–Trinajstić information content (AvgIpc) is 2.80. The number of carbonyl (C=O) groups is 3. The normalized spacial score (nSPS) is 15.1. The van der Waals surface area contributed by atoms with Crippen molar-refractivity contribution < 1.29 is 23.9 Å². The van der Waals surface area contributed by atoms with Gasteiger partial charge in [-0.2, -0.15) is 0 Å². The van der Waals surface area contributed by atoms with Crippen molar-refractivity contribution in [2.45, 2.75) is 32.8 Å². The number of benzene rings is 2. The third-order valence-electron chi connectivity index (χ3n) is 5.25. The van der Waals surface area contributed by atoms with E-state index in [1.807, 2.05) is 37.3 Å². The van der Waals surface area contributed by atoms with Crippen molar-refractivity contribution in [1.82, 2.24) is 4.90 Å². The van der Waals surface area contributed by atoms with Crippen LogP contribution in [0.4, 0.5) is 10.5 Å². The SMILES string of the molecule is CCOc1ccc(C(=O)[C@@H](C)OC(=O)C2CCN(C(=O)Nc3ccccc3)CC2)cc1. The average molecular weight is 424 g/mol. The number of likely N-dealkylation sites (tertiary alicyclic amines) is 1. The molecular weight excluding hydrogens is 396 g/mol. The van der Waals surface area contributed by atoms with Crippen LogP contribution in [-0.4, -0.2) is 48.5 Å². The van der Waals surface area contributed by atoms with Gasteiger partial charge in [-0.1, -0.05) is 18.2 Å². The van der Waals surface area contributed by atoms with Crippen molar-refractivity contribution in [3.63, 3.8) is 0 Å². The number of ether oxygens (including phenoxy) is 2. The number of ketones is 1. The van der Waals surface area contributed by atoms with Crippen molar-refractivity contribution in [2.24, 2.45) is 5.92 Å². The highest BCUT2D eigenvalue weighted by Crippen LogP contribution is 2.21. The molecule has 31 heavy (non-hydrogen) atoms. The quantitative estimate of drug-likeness (QED) is 0.533. The van der Waals surface area contributed by atoms with Crippen molar-refractivity contribution in [2.75, 3.05) is 25.0 Å². The maximum absolute atomic E-state index is 12.6. The van der Waals surface area contributed by atoms with E-state index in [9.17, 15) is 14.4 Å². The third-order valence-corrected chi connectivity index (χ3v) is 5.25. The Morgan fingerprint density at radius 2 is 1.68 bits per heavy atom. The molecule has 2 aromatic carbocycles. The van der Waals surface area contributed by atoms with Crippen LogP contribution in [0.2, 0.25) is 0 Å². The van der Waals surface area contributed by atoms with Gasteiger partial charge >= 0.3 is 12.0 Å². The zero-order valence-electron chi connectivity index (χ0n) is 17.9. The highest BCUT2D eigenvalue weighted by molar-refractivity contribution is 6.00. The maximum atomic E-state index is 12.6. The monoisotopic (exact) mass is 424 g/mol. The zero-order valence-corrected chi connectivity index (χ0v) is 17.9. The Labute approximate surface area is 182 Å². The molecule has 1 atom stereocenters. The second kappa shape index (κ2) is 10.6. The summed E-state index contributed by atoms with van der Waals surface area (Å²) in [7, 11) is 0. The second-order valence-corrected chi connectivity index (χ2v) is 7.46. The molecule has 2 amide bonds. The standard InChI is InChI=1S/C24H28N2O5/c1-3-30-21-11-9-18(10-12-21)22(27)17(2)31-23(28)19-13-15-26(16-14-19)24(29)25-20-7-5-4-6-8-20/h4-12,17,19H,3,13-16H2,1-2H3,(H,25,29)/t17-/m1/s1. The number of urea groups is 1. The molecule has 3 rings (SSSR count). The van der Waals surface area contributed by atoms with Crippen LogP contribution in [0.5, 0.6) is 5.75 Å². The van der Waals surface area contributed by atoms with Gasteiger partial charge in [0.25, 0.3) is 0 Å². The van der Waals surface area contributed by atoms with Crippen molar-refractivity contribution in [3.05, 3.63) is 60.2 Å². The van der Waals surface area contributed by atoms with Crippen LogP contribution in [-0.2, 0) is 9.53 Å². The van der Waals surface area contributed by atoms with Gasteiger partial charge in [0.05, 0.1) is 12.5 Å². The molecule has 164 valence electrons. The lowest BCUT2D eigenvalue weighted by Crippen LogP contribution is -2.43. The molecule has 2 aromatic rings. The number of anilines is 1. The van der Waals surface area contributed by atoms with Crippen LogP contribution < -0.4 is 10.1 Å². The number of amides is 2. The lowest BCUT2D eigenvalue weighted by molar-refractivity contribution is -0.152. The molecule has 0 radical (unpaired) electrons. The van der Waals surface area contributed by atoms with Gasteiger partial charge in [0, 0.05) is 24.3 Å². The van der Waals surface area contributed by atoms with E-state index >= 15 is 0 Å². The first-order chi connectivity index (χ1) is 15.0. The van der Waals surface area contributed by atoms with Crippen molar-refractivity contribution in [3.8, 4) is 5.75 Å². The molecule has 1 saturated heterocycles. The predicted octanol–water partition coefficient (Wildman–Crippen LogP) is 4.14. The number of carbonyl (C=O) groups excluding carboxylic acids is 3. The van der Waals surface area contributed by atoms with E-state index in [4.69, 9.17) is 9.47 Å². The van der Waals surface area contributed by atoms with E-state index in [2.05, 4.69) is 5.32 Å². The lowest BCUT2D eigenvalue weighted by atomic mass is 9.97. The third kappa shape index (κ3) is 6.07. The number of esters is 1. The lowest BCUT2D eigenvalue weighted by Gasteiger charge is -2.31. The van der Waals surface area contributed by atoms with Crippen LogP contribution in [0.1, 0.15) is 37.0 Å². The summed E-state index contributed by atoms with van der Waals surface area (Å²) < 4.78 is 10.8. The summed E-state index contributed by atoms with van der Waals surface area (Å²) in [6, 6.07) is 15.8. The molecule has 1 fully saturated rings. The van der Waals surface area contributed by atoms with E-state index < -0.39 is 12.1 Å². The Kier molecular flexibility index (Phi) is 7.65. The summed E-state index contributed by atoms with van der Waals surface area (Å²) in [4.78, 5) is 39.2. The molecular formula is C24H28N2O5. The molecule has 7 nitrogen and oxygen atoms in total. The summed E-state index contributed by atoms with van der Waals surface area (Å²) >= 11 is 0. The van der Waals surface area contributed by atoms with Gasteiger partial charge in [0.1, 0.15) is 5.75 Å². The number of para-hydroxylation sites is 1. The molecule has 0 aromatic heterocycles. The number of Topliss-reactive ketones (excluding diaryl/α,β-unsaturated/α-hetero) is 1. The van der Waals surface area contributed by atoms with Gasteiger partial charge in [0.2, 0.25) is 5.78 Å². The van der Waals surface area contributed by atoms with Gasteiger partial charge in [0.15, 0.2) is 6.10 Å². The van der Waals surface area contributed by atoms with Gasteiger partial charge in [-0.3, -0.25) is 9.59 Å². The first-order valence-corrected chi connectivity index (χ1v) is 10.6. The summed E-state index contributed by atoms with van der Waals surface area (Å²) in [5.41, 5.74) is 1.20. The van der Waals surface area contributed by atoms with Crippen LogP contribution in [0.3, 0.4) is 0 Å². The number of nitrogens with one attached hydrogen (secondary N) is 1. The summed E-state index contributed by atoms with van der Waals surface area (Å²) in [5.74, 6) is -0.283. The minimum atomic E-state index is -0.871. The number of rotatable bonds is 7. The highest BCUT2D eigenvalue weighted by Gasteiger charge is 2.30.